The van der Waals surface area contributed by atoms with Gasteiger partial charge in [0.25, 0.3) is 0 Å². The lowest BCUT2D eigenvalue weighted by molar-refractivity contribution is 0.0698. The predicted octanol–water partition coefficient (Wildman–Crippen LogP) is 3.56. The molecule has 9 heteroatoms. The van der Waals surface area contributed by atoms with Crippen molar-refractivity contribution in [3.63, 3.8) is 0 Å². The van der Waals surface area contributed by atoms with E-state index in [2.05, 4.69) is 15.6 Å². The summed E-state index contributed by atoms with van der Waals surface area (Å²) in [5, 5.41) is 6.70. The summed E-state index contributed by atoms with van der Waals surface area (Å²) < 4.78 is 26.6. The molecule has 0 bridgehead atoms. The average Bonchev–Trinajstić information content (AvgIpc) is 2.73. The van der Waals surface area contributed by atoms with Crippen molar-refractivity contribution in [2.75, 3.05) is 72.3 Å². The summed E-state index contributed by atoms with van der Waals surface area (Å²) in [5.74, 6) is 1.59. The Labute approximate surface area is 204 Å². The molecule has 0 aliphatic rings. The van der Waals surface area contributed by atoms with E-state index in [1.54, 1.807) is 14.2 Å². The van der Waals surface area contributed by atoms with E-state index in [1.807, 2.05) is 38.1 Å². The van der Waals surface area contributed by atoms with Crippen LogP contribution in [0.4, 0.5) is 5.69 Å². The Kier molecular flexibility index (Phi) is 20.0. The second-order valence-corrected chi connectivity index (χ2v) is 6.89. The highest BCUT2D eigenvalue weighted by Gasteiger charge is 2.02. The zero-order valence-corrected chi connectivity index (χ0v) is 21.7. The molecule has 0 amide bonds. The van der Waals surface area contributed by atoms with Gasteiger partial charge in [0.1, 0.15) is 5.75 Å². The second kappa shape index (κ2) is 20.7. The van der Waals surface area contributed by atoms with Gasteiger partial charge in [0.2, 0.25) is 0 Å². The number of benzene rings is 1. The van der Waals surface area contributed by atoms with Gasteiger partial charge in [0, 0.05) is 46.2 Å². The van der Waals surface area contributed by atoms with Crippen LogP contribution in [0.1, 0.15) is 26.7 Å². The van der Waals surface area contributed by atoms with Gasteiger partial charge in [-0.1, -0.05) is 0 Å². The Morgan fingerprint density at radius 2 is 1.48 bits per heavy atom. The first-order valence-corrected chi connectivity index (χ1v) is 10.6. The van der Waals surface area contributed by atoms with E-state index >= 15 is 0 Å². The van der Waals surface area contributed by atoms with Crippen molar-refractivity contribution in [3.8, 4) is 5.75 Å². The zero-order chi connectivity index (χ0) is 21.9. The van der Waals surface area contributed by atoms with Crippen LogP contribution in [0, 0.1) is 0 Å². The monoisotopic (exact) mass is 553 g/mol. The number of guanidine groups is 1. The molecule has 0 aliphatic heterocycles. The lowest BCUT2D eigenvalue weighted by Gasteiger charge is -2.14. The Bertz CT molecular complexity index is 559. The molecule has 1 rings (SSSR count). The first kappa shape index (κ1) is 29.9. The Hall–Kier alpha value is -1.14. The molecule has 1 aromatic rings. The fourth-order valence-corrected chi connectivity index (χ4v) is 2.39. The lowest BCUT2D eigenvalue weighted by Crippen LogP contribution is -2.32. The van der Waals surface area contributed by atoms with Crippen LogP contribution in [0.5, 0.6) is 5.75 Å². The van der Waals surface area contributed by atoms with Gasteiger partial charge in [-0.2, -0.15) is 0 Å². The zero-order valence-electron chi connectivity index (χ0n) is 19.4. The van der Waals surface area contributed by atoms with Gasteiger partial charge in [0.05, 0.1) is 32.5 Å². The molecule has 0 radical (unpaired) electrons. The molecule has 0 heterocycles. The SMILES string of the molecule is COCCOCCCN=C(NCCCOCCOC)Nc1ccc(OC(C)C)cc1.I. The van der Waals surface area contributed by atoms with E-state index in [4.69, 9.17) is 23.7 Å². The van der Waals surface area contributed by atoms with Crippen LogP contribution in [0.25, 0.3) is 0 Å². The standard InChI is InChI=1S/C22H39N3O5.HI/c1-19(2)30-21-9-7-20(8-10-21)25-22(23-11-5-13-28-17-15-26-3)24-12-6-14-29-18-16-27-4;/h7-10,19H,5-6,11-18H2,1-4H3,(H2,23,24,25);1H. The van der Waals surface area contributed by atoms with Crippen molar-refractivity contribution >= 4 is 35.6 Å². The number of nitrogens with zero attached hydrogens (tertiary/aromatic N) is 1. The summed E-state index contributed by atoms with van der Waals surface area (Å²) in [4.78, 5) is 4.65. The topological polar surface area (TPSA) is 82.6 Å². The van der Waals surface area contributed by atoms with Gasteiger partial charge in [0.15, 0.2) is 5.96 Å². The maximum Gasteiger partial charge on any atom is 0.195 e. The molecule has 0 aromatic heterocycles. The molecule has 0 fully saturated rings. The Balaban J connectivity index is 0.00000900. The molecular weight excluding hydrogens is 513 g/mol. The fourth-order valence-electron chi connectivity index (χ4n) is 2.39. The number of ether oxygens (including phenoxy) is 5. The van der Waals surface area contributed by atoms with Crippen LogP contribution < -0.4 is 15.4 Å². The van der Waals surface area contributed by atoms with E-state index < -0.39 is 0 Å². The summed E-state index contributed by atoms with van der Waals surface area (Å²) in [5.41, 5.74) is 0.949. The molecule has 1 aromatic carbocycles. The molecule has 0 atom stereocenters. The largest absolute Gasteiger partial charge is 0.491 e. The third kappa shape index (κ3) is 17.1. The van der Waals surface area contributed by atoms with Crippen molar-refractivity contribution in [2.45, 2.75) is 32.8 Å². The van der Waals surface area contributed by atoms with E-state index in [9.17, 15) is 0 Å². The van der Waals surface area contributed by atoms with Crippen LogP contribution in [0.3, 0.4) is 0 Å². The first-order chi connectivity index (χ1) is 14.7. The third-order valence-corrected chi connectivity index (χ3v) is 3.83. The quantitative estimate of drug-likeness (QED) is 0.132. The Morgan fingerprint density at radius 3 is 2.06 bits per heavy atom. The molecule has 8 nitrogen and oxygen atoms in total. The van der Waals surface area contributed by atoms with Crippen molar-refractivity contribution in [2.24, 2.45) is 4.99 Å². The van der Waals surface area contributed by atoms with Crippen molar-refractivity contribution in [1.29, 1.82) is 0 Å². The van der Waals surface area contributed by atoms with Crippen molar-refractivity contribution in [1.82, 2.24) is 5.32 Å². The smallest absolute Gasteiger partial charge is 0.195 e. The molecule has 2 N–H and O–H groups in total. The number of aliphatic imine (C=N–C) groups is 1. The number of hydrogen-bond donors (Lipinski definition) is 2. The predicted molar refractivity (Wildman–Crippen MR) is 136 cm³/mol. The minimum Gasteiger partial charge on any atom is -0.491 e. The molecule has 31 heavy (non-hydrogen) atoms. The van der Waals surface area contributed by atoms with Crippen LogP contribution in [-0.4, -0.2) is 79.0 Å². The third-order valence-electron chi connectivity index (χ3n) is 3.83. The van der Waals surface area contributed by atoms with Crippen molar-refractivity contribution in [3.05, 3.63) is 24.3 Å². The van der Waals surface area contributed by atoms with Crippen LogP contribution in [0.2, 0.25) is 0 Å². The number of rotatable bonds is 17. The number of halogens is 1. The summed E-state index contributed by atoms with van der Waals surface area (Å²) >= 11 is 0. The first-order valence-electron chi connectivity index (χ1n) is 10.6. The molecule has 0 unspecified atom stereocenters. The maximum atomic E-state index is 5.69. The number of anilines is 1. The number of nitrogens with one attached hydrogen (secondary N) is 2. The molecule has 0 saturated carbocycles. The highest BCUT2D eigenvalue weighted by Crippen LogP contribution is 2.16. The molecule has 180 valence electrons. The minimum absolute atomic E-state index is 0. The van der Waals surface area contributed by atoms with Gasteiger partial charge >= 0.3 is 0 Å². The molecule has 0 spiro atoms. The molecule has 0 aliphatic carbocycles. The summed E-state index contributed by atoms with van der Waals surface area (Å²) in [6.45, 7) is 9.25. The van der Waals surface area contributed by atoms with E-state index in [0.717, 1.165) is 36.8 Å². The molecular formula is C22H40IN3O5. The van der Waals surface area contributed by atoms with Gasteiger partial charge in [-0.05, 0) is 51.0 Å². The second-order valence-electron chi connectivity index (χ2n) is 6.89. The number of methoxy groups -OCH3 is 2. The van der Waals surface area contributed by atoms with Gasteiger partial charge in [-0.25, -0.2) is 0 Å². The van der Waals surface area contributed by atoms with Gasteiger partial charge in [-0.3, -0.25) is 4.99 Å². The van der Waals surface area contributed by atoms with E-state index in [1.165, 1.54) is 0 Å². The maximum absolute atomic E-state index is 5.69. The van der Waals surface area contributed by atoms with Crippen LogP contribution >= 0.6 is 24.0 Å². The summed E-state index contributed by atoms with van der Waals surface area (Å²) in [7, 11) is 3.34. The average molecular weight is 553 g/mol. The number of hydrogen-bond acceptors (Lipinski definition) is 6. The highest BCUT2D eigenvalue weighted by atomic mass is 127. The van der Waals surface area contributed by atoms with Crippen LogP contribution in [0.15, 0.2) is 29.3 Å². The summed E-state index contributed by atoms with van der Waals surface area (Å²) in [6, 6.07) is 7.87. The van der Waals surface area contributed by atoms with E-state index in [0.29, 0.717) is 46.2 Å². The highest BCUT2D eigenvalue weighted by molar-refractivity contribution is 14.0. The summed E-state index contributed by atoms with van der Waals surface area (Å²) in [6.07, 6.45) is 1.88. The normalized spacial score (nSPS) is 11.3. The minimum atomic E-state index is 0. The van der Waals surface area contributed by atoms with Crippen molar-refractivity contribution < 1.29 is 23.7 Å². The van der Waals surface area contributed by atoms with Gasteiger partial charge in [-0.15, -0.1) is 24.0 Å². The van der Waals surface area contributed by atoms with E-state index in [-0.39, 0.29) is 30.1 Å². The van der Waals surface area contributed by atoms with Crippen LogP contribution in [-0.2, 0) is 18.9 Å². The lowest BCUT2D eigenvalue weighted by atomic mass is 10.3. The Morgan fingerprint density at radius 1 is 0.871 bits per heavy atom. The fraction of sp³-hybridized carbons (Fsp3) is 0.682. The van der Waals surface area contributed by atoms with Gasteiger partial charge < -0.3 is 34.3 Å². The molecule has 0 saturated heterocycles.